The summed E-state index contributed by atoms with van der Waals surface area (Å²) in [7, 11) is 0. The van der Waals surface area contributed by atoms with Crippen molar-refractivity contribution in [3.05, 3.63) is 0 Å². The summed E-state index contributed by atoms with van der Waals surface area (Å²) in [5.74, 6) is -1.55. The van der Waals surface area contributed by atoms with Crippen molar-refractivity contribution in [2.45, 2.75) is 50.6 Å². The minimum atomic E-state index is -1.23. The van der Waals surface area contributed by atoms with E-state index in [2.05, 4.69) is 22.5 Å². The minimum absolute atomic E-state index is 0.312. The Morgan fingerprint density at radius 2 is 1.53 bits per heavy atom. The summed E-state index contributed by atoms with van der Waals surface area (Å²) in [5, 5.41) is 13.4. The van der Waals surface area contributed by atoms with Gasteiger partial charge < -0.3 is 32.4 Å². The van der Waals surface area contributed by atoms with Crippen LogP contribution in [0.2, 0.25) is 0 Å². The summed E-state index contributed by atoms with van der Waals surface area (Å²) >= 11 is 0. The van der Waals surface area contributed by atoms with E-state index in [4.69, 9.17) is 0 Å². The Balaban J connectivity index is 4.11. The lowest BCUT2D eigenvalue weighted by molar-refractivity contribution is -0.406. The summed E-state index contributed by atoms with van der Waals surface area (Å²) in [6.45, 7) is 1.60. The zero-order valence-corrected chi connectivity index (χ0v) is 11.7. The van der Waals surface area contributed by atoms with E-state index in [1.165, 1.54) is 0 Å². The average molecular weight is 276 g/mol. The highest BCUT2D eigenvalue weighted by Gasteiger charge is 2.21. The fourth-order valence-corrected chi connectivity index (χ4v) is 1.76. The molecule has 0 aliphatic rings. The van der Waals surface area contributed by atoms with Crippen molar-refractivity contribution >= 4 is 11.9 Å². The Labute approximate surface area is 113 Å². The molecule has 1 unspecified atom stereocenters. The summed E-state index contributed by atoms with van der Waals surface area (Å²) in [6, 6.07) is -1.34. The number of unbranched alkanes of at least 4 members (excludes halogenated alkanes) is 2. The molecule has 7 heteroatoms. The van der Waals surface area contributed by atoms with Gasteiger partial charge in [0.05, 0.1) is 25.1 Å². The quantitative estimate of drug-likeness (QED) is 0.282. The molecule has 0 saturated carbocycles. The topological polar surface area (TPSA) is 152 Å². The molecule has 1 amide bonds. The molecule has 0 spiro atoms. The molecule has 7 nitrogen and oxygen atoms in total. The van der Waals surface area contributed by atoms with E-state index in [1.54, 1.807) is 0 Å². The van der Waals surface area contributed by atoms with Gasteiger partial charge in [0, 0.05) is 6.42 Å². The van der Waals surface area contributed by atoms with Crippen LogP contribution in [0.15, 0.2) is 0 Å². The predicted molar refractivity (Wildman–Crippen MR) is 66.8 cm³/mol. The second kappa shape index (κ2) is 10.7. The van der Waals surface area contributed by atoms with Gasteiger partial charge in [-0.25, -0.2) is 0 Å². The van der Waals surface area contributed by atoms with E-state index in [0.717, 1.165) is 32.4 Å². The Hall–Kier alpha value is -1.18. The van der Waals surface area contributed by atoms with Crippen LogP contribution in [-0.4, -0.2) is 37.0 Å². The maximum absolute atomic E-state index is 11.8. The molecule has 0 rings (SSSR count). The smallest absolute Gasteiger partial charge is 0.278 e. The number of nitrogens with one attached hydrogen (secondary N) is 1. The molecule has 0 aromatic heterocycles. The van der Waals surface area contributed by atoms with Crippen LogP contribution < -0.4 is 27.6 Å². The number of hydrogen-bond acceptors (Lipinski definition) is 3. The number of carbonyl (C=O) groups is 2. The van der Waals surface area contributed by atoms with E-state index in [-0.39, 0.29) is 5.91 Å². The van der Waals surface area contributed by atoms with Crippen molar-refractivity contribution in [2.24, 2.45) is 0 Å². The van der Waals surface area contributed by atoms with Gasteiger partial charge in [0.1, 0.15) is 0 Å². The number of hydrogen-bond donors (Lipinski definition) is 4. The standard InChI is InChI=1S/C12H26N4O3/c13-7-3-1-5-9(15)11(17)16-10(12(18)19)6-2-4-8-14/h9-10H,1-8,13-15H2,(H,16,17)(H,18,19)/p+2/t9?,10-/m0/s1. The molecule has 0 heterocycles. The van der Waals surface area contributed by atoms with E-state index in [9.17, 15) is 14.7 Å². The summed E-state index contributed by atoms with van der Waals surface area (Å²) < 4.78 is 0. The molecular formula is C12H28N4O3+2. The van der Waals surface area contributed by atoms with Crippen molar-refractivity contribution in [2.75, 3.05) is 13.1 Å². The molecule has 19 heavy (non-hydrogen) atoms. The molecule has 0 aromatic carbocycles. The van der Waals surface area contributed by atoms with Crippen molar-refractivity contribution in [3.63, 3.8) is 0 Å². The molecule has 2 atom stereocenters. The number of carboxylic acid groups (broad SMARTS) is 1. The van der Waals surface area contributed by atoms with Crippen molar-refractivity contribution in [1.29, 1.82) is 0 Å². The number of rotatable bonds is 11. The van der Waals surface area contributed by atoms with Crippen LogP contribution >= 0.6 is 0 Å². The van der Waals surface area contributed by atoms with Crippen molar-refractivity contribution < 1.29 is 31.9 Å². The highest BCUT2D eigenvalue weighted by Crippen LogP contribution is 2.01. The molecule has 0 saturated heterocycles. The lowest BCUT2D eigenvalue weighted by Crippen LogP contribution is -2.69. The maximum Gasteiger partial charge on any atom is 0.278 e. The minimum Gasteiger partial charge on any atom is -0.548 e. The molecule has 0 bridgehead atoms. The van der Waals surface area contributed by atoms with Gasteiger partial charge >= 0.3 is 0 Å². The van der Waals surface area contributed by atoms with Crippen LogP contribution in [0.1, 0.15) is 38.5 Å². The van der Waals surface area contributed by atoms with Gasteiger partial charge in [0.2, 0.25) is 0 Å². The number of aliphatic carboxylic acids is 1. The fraction of sp³-hybridized carbons (Fsp3) is 0.833. The lowest BCUT2D eigenvalue weighted by Gasteiger charge is -2.20. The average Bonchev–Trinajstić information content (AvgIpc) is 2.37. The Bertz CT molecular complexity index is 274. The Kier molecular flexibility index (Phi) is 10.1. The normalized spacial score (nSPS) is 13.8. The molecule has 0 radical (unpaired) electrons. The Morgan fingerprint density at radius 3 is 2.00 bits per heavy atom. The first-order valence-corrected chi connectivity index (χ1v) is 6.95. The van der Waals surface area contributed by atoms with Gasteiger partial charge in [0.15, 0.2) is 6.04 Å². The van der Waals surface area contributed by atoms with Crippen molar-refractivity contribution in [3.8, 4) is 0 Å². The van der Waals surface area contributed by atoms with Gasteiger partial charge in [-0.3, -0.25) is 4.79 Å². The molecule has 0 aliphatic heterocycles. The van der Waals surface area contributed by atoms with Gasteiger partial charge in [-0.15, -0.1) is 0 Å². The molecule has 0 aliphatic carbocycles. The zero-order chi connectivity index (χ0) is 14.7. The first-order chi connectivity index (χ1) is 9.02. The molecular weight excluding hydrogens is 248 g/mol. The third-order valence-electron chi connectivity index (χ3n) is 3.02. The summed E-state index contributed by atoms with van der Waals surface area (Å²) in [6.07, 6.45) is 4.42. The van der Waals surface area contributed by atoms with Crippen LogP contribution in [0.3, 0.4) is 0 Å². The third kappa shape index (κ3) is 8.52. The van der Waals surface area contributed by atoms with Gasteiger partial charge in [0.25, 0.3) is 5.91 Å². The van der Waals surface area contributed by atoms with E-state index >= 15 is 0 Å². The first kappa shape index (κ1) is 17.8. The monoisotopic (exact) mass is 276 g/mol. The first-order valence-electron chi connectivity index (χ1n) is 6.95. The van der Waals surface area contributed by atoms with E-state index in [0.29, 0.717) is 19.3 Å². The second-order valence-electron chi connectivity index (χ2n) is 4.78. The molecule has 112 valence electrons. The van der Waals surface area contributed by atoms with Gasteiger partial charge in [-0.1, -0.05) is 0 Å². The number of carbonyl (C=O) groups excluding carboxylic acids is 2. The Morgan fingerprint density at radius 1 is 1.00 bits per heavy atom. The van der Waals surface area contributed by atoms with E-state index < -0.39 is 18.1 Å². The number of carboxylic acids is 1. The largest absolute Gasteiger partial charge is 0.548 e. The fourth-order valence-electron chi connectivity index (χ4n) is 1.76. The lowest BCUT2D eigenvalue weighted by atomic mass is 10.1. The maximum atomic E-state index is 11.8. The second-order valence-corrected chi connectivity index (χ2v) is 4.78. The highest BCUT2D eigenvalue weighted by atomic mass is 16.4. The van der Waals surface area contributed by atoms with E-state index in [1.807, 2.05) is 0 Å². The summed E-state index contributed by atoms with van der Waals surface area (Å²) in [4.78, 5) is 22.7. The van der Waals surface area contributed by atoms with Crippen LogP contribution in [0.25, 0.3) is 0 Å². The predicted octanol–water partition coefficient (Wildman–Crippen LogP) is -4.34. The van der Waals surface area contributed by atoms with Gasteiger partial charge in [-0.2, -0.15) is 0 Å². The van der Waals surface area contributed by atoms with Crippen LogP contribution in [0, 0.1) is 0 Å². The molecule has 0 aromatic rings. The third-order valence-corrected chi connectivity index (χ3v) is 3.02. The summed E-state index contributed by atoms with van der Waals surface area (Å²) in [5.41, 5.74) is 11.2. The highest BCUT2D eigenvalue weighted by molar-refractivity contribution is 5.85. The zero-order valence-electron chi connectivity index (χ0n) is 11.7. The van der Waals surface area contributed by atoms with Crippen LogP contribution in [0.5, 0.6) is 0 Å². The SMILES string of the molecule is [NH3+]CCCCC([NH3+])C(=O)N[C@@H](CCCC[NH3+])C(=O)[O-]. The van der Waals surface area contributed by atoms with Crippen molar-refractivity contribution in [1.82, 2.24) is 5.32 Å². The van der Waals surface area contributed by atoms with Gasteiger partial charge in [-0.05, 0) is 32.1 Å². The number of amides is 1. The molecule has 0 fully saturated rings. The van der Waals surface area contributed by atoms with Crippen LogP contribution in [0.4, 0.5) is 0 Å². The van der Waals surface area contributed by atoms with Crippen LogP contribution in [-0.2, 0) is 9.59 Å². The number of quaternary nitrogens is 3. The molecule has 10 N–H and O–H groups in total.